The SMILES string of the molecule is CN(Cc1ccncc1)S(=O)(=O)c1c[nH]c(CO)c1. The highest BCUT2D eigenvalue weighted by atomic mass is 32.2. The number of rotatable bonds is 5. The van der Waals surface area contributed by atoms with Gasteiger partial charge in [-0.1, -0.05) is 0 Å². The average molecular weight is 281 g/mol. The number of H-pyrrole nitrogens is 1. The van der Waals surface area contributed by atoms with Crippen molar-refractivity contribution in [2.45, 2.75) is 18.0 Å². The molecule has 2 aromatic rings. The van der Waals surface area contributed by atoms with Gasteiger partial charge in [0.1, 0.15) is 0 Å². The van der Waals surface area contributed by atoms with Gasteiger partial charge in [0.2, 0.25) is 10.0 Å². The van der Waals surface area contributed by atoms with Crippen molar-refractivity contribution in [1.29, 1.82) is 0 Å². The van der Waals surface area contributed by atoms with Crippen LogP contribution in [0.15, 0.2) is 41.7 Å². The van der Waals surface area contributed by atoms with Gasteiger partial charge >= 0.3 is 0 Å². The molecule has 2 heterocycles. The summed E-state index contributed by atoms with van der Waals surface area (Å²) in [5.74, 6) is 0. The Hall–Kier alpha value is -1.70. The molecule has 2 aromatic heterocycles. The lowest BCUT2D eigenvalue weighted by molar-refractivity contribution is 0.277. The Labute approximate surface area is 111 Å². The highest BCUT2D eigenvalue weighted by Crippen LogP contribution is 2.17. The smallest absolute Gasteiger partial charge is 0.244 e. The van der Waals surface area contributed by atoms with Crippen LogP contribution in [0.25, 0.3) is 0 Å². The number of nitrogens with one attached hydrogen (secondary N) is 1. The van der Waals surface area contributed by atoms with Gasteiger partial charge in [0.05, 0.1) is 11.5 Å². The van der Waals surface area contributed by atoms with E-state index in [-0.39, 0.29) is 18.0 Å². The summed E-state index contributed by atoms with van der Waals surface area (Å²) < 4.78 is 25.8. The van der Waals surface area contributed by atoms with Crippen LogP contribution in [0.4, 0.5) is 0 Å². The molecule has 0 aliphatic carbocycles. The number of nitrogens with zero attached hydrogens (tertiary/aromatic N) is 2. The number of sulfonamides is 1. The molecule has 19 heavy (non-hydrogen) atoms. The number of aromatic amines is 1. The zero-order valence-corrected chi connectivity index (χ0v) is 11.3. The minimum atomic E-state index is -3.56. The zero-order chi connectivity index (χ0) is 13.9. The second kappa shape index (κ2) is 5.52. The van der Waals surface area contributed by atoms with Gasteiger partial charge in [0.15, 0.2) is 0 Å². The zero-order valence-electron chi connectivity index (χ0n) is 10.4. The molecule has 7 heteroatoms. The fourth-order valence-corrected chi connectivity index (χ4v) is 2.85. The molecule has 0 spiro atoms. The molecule has 102 valence electrons. The van der Waals surface area contributed by atoms with Gasteiger partial charge in [-0.15, -0.1) is 0 Å². The van der Waals surface area contributed by atoms with Crippen molar-refractivity contribution >= 4 is 10.0 Å². The minimum absolute atomic E-state index is 0.146. The van der Waals surface area contributed by atoms with E-state index >= 15 is 0 Å². The lowest BCUT2D eigenvalue weighted by Crippen LogP contribution is -2.26. The van der Waals surface area contributed by atoms with Crippen LogP contribution in [-0.4, -0.2) is 34.8 Å². The Morgan fingerprint density at radius 1 is 1.37 bits per heavy atom. The van der Waals surface area contributed by atoms with Crippen molar-refractivity contribution in [2.75, 3.05) is 7.05 Å². The standard InChI is InChI=1S/C12H15N3O3S/c1-15(8-10-2-4-13-5-3-10)19(17,18)12-6-11(9-16)14-7-12/h2-7,14,16H,8-9H2,1H3. The second-order valence-electron chi connectivity index (χ2n) is 4.14. The molecule has 0 atom stereocenters. The summed E-state index contributed by atoms with van der Waals surface area (Å²) in [5, 5.41) is 8.94. The molecule has 0 radical (unpaired) electrons. The van der Waals surface area contributed by atoms with Crippen LogP contribution < -0.4 is 0 Å². The maximum Gasteiger partial charge on any atom is 0.244 e. The summed E-state index contributed by atoms with van der Waals surface area (Å²) in [5.41, 5.74) is 1.33. The fraction of sp³-hybridized carbons (Fsp3) is 0.250. The van der Waals surface area contributed by atoms with Crippen molar-refractivity contribution in [2.24, 2.45) is 0 Å². The largest absolute Gasteiger partial charge is 0.390 e. The number of aliphatic hydroxyl groups excluding tert-OH is 1. The van der Waals surface area contributed by atoms with Gasteiger partial charge in [-0.05, 0) is 23.8 Å². The van der Waals surface area contributed by atoms with Crippen molar-refractivity contribution < 1.29 is 13.5 Å². The molecule has 0 bridgehead atoms. The van der Waals surface area contributed by atoms with E-state index < -0.39 is 10.0 Å². The number of aromatic nitrogens is 2. The van der Waals surface area contributed by atoms with Gasteiger partial charge in [0, 0.05) is 37.9 Å². The summed E-state index contributed by atoms with van der Waals surface area (Å²) in [7, 11) is -2.04. The van der Waals surface area contributed by atoms with Crippen molar-refractivity contribution in [3.63, 3.8) is 0 Å². The Bertz CT molecular complexity index is 637. The first kappa shape index (κ1) is 13.7. The third-order valence-electron chi connectivity index (χ3n) is 2.75. The molecule has 2 rings (SSSR count). The van der Waals surface area contributed by atoms with E-state index in [0.717, 1.165) is 5.56 Å². The monoisotopic (exact) mass is 281 g/mol. The van der Waals surface area contributed by atoms with Crippen LogP contribution in [0.5, 0.6) is 0 Å². The Morgan fingerprint density at radius 2 is 2.05 bits per heavy atom. The van der Waals surface area contributed by atoms with Gasteiger partial charge in [-0.3, -0.25) is 4.98 Å². The number of hydrogen-bond acceptors (Lipinski definition) is 4. The van der Waals surface area contributed by atoms with Crippen LogP contribution >= 0.6 is 0 Å². The first-order valence-electron chi connectivity index (χ1n) is 5.67. The lowest BCUT2D eigenvalue weighted by atomic mass is 10.3. The van der Waals surface area contributed by atoms with E-state index in [1.807, 2.05) is 0 Å². The van der Waals surface area contributed by atoms with E-state index in [2.05, 4.69) is 9.97 Å². The predicted molar refractivity (Wildman–Crippen MR) is 69.6 cm³/mol. The molecule has 0 aliphatic rings. The number of aliphatic hydroxyl groups is 1. The molecular weight excluding hydrogens is 266 g/mol. The molecule has 0 fully saturated rings. The Kier molecular flexibility index (Phi) is 3.98. The number of hydrogen-bond donors (Lipinski definition) is 2. The summed E-state index contributed by atoms with van der Waals surface area (Å²) in [4.78, 5) is 6.75. The van der Waals surface area contributed by atoms with Crippen LogP contribution in [0.3, 0.4) is 0 Å². The summed E-state index contributed by atoms with van der Waals surface area (Å²) in [6.45, 7) is 0.0497. The number of pyridine rings is 1. The second-order valence-corrected chi connectivity index (χ2v) is 6.18. The van der Waals surface area contributed by atoms with Crippen LogP contribution in [0.2, 0.25) is 0 Å². The molecular formula is C12H15N3O3S. The first-order chi connectivity index (χ1) is 9.04. The third-order valence-corrected chi connectivity index (χ3v) is 4.53. The van der Waals surface area contributed by atoms with Gasteiger partial charge in [-0.25, -0.2) is 8.42 Å². The maximum absolute atomic E-state index is 12.3. The fourth-order valence-electron chi connectivity index (χ4n) is 1.67. The Balaban J connectivity index is 2.19. The van der Waals surface area contributed by atoms with Crippen LogP contribution in [0, 0.1) is 0 Å². The average Bonchev–Trinajstić information content (AvgIpc) is 2.89. The first-order valence-corrected chi connectivity index (χ1v) is 7.11. The molecule has 0 aliphatic heterocycles. The molecule has 2 N–H and O–H groups in total. The quantitative estimate of drug-likeness (QED) is 0.845. The maximum atomic E-state index is 12.3. The van der Waals surface area contributed by atoms with Gasteiger partial charge < -0.3 is 10.1 Å². The van der Waals surface area contributed by atoms with Gasteiger partial charge in [-0.2, -0.15) is 4.31 Å². The van der Waals surface area contributed by atoms with E-state index in [1.165, 1.54) is 23.6 Å². The normalized spacial score (nSPS) is 11.9. The molecule has 6 nitrogen and oxygen atoms in total. The molecule has 0 amide bonds. The molecule has 0 saturated heterocycles. The van der Waals surface area contributed by atoms with Crippen molar-refractivity contribution in [1.82, 2.24) is 14.3 Å². The molecule has 0 aromatic carbocycles. The highest BCUT2D eigenvalue weighted by molar-refractivity contribution is 7.89. The molecule has 0 saturated carbocycles. The highest BCUT2D eigenvalue weighted by Gasteiger charge is 2.22. The van der Waals surface area contributed by atoms with E-state index in [4.69, 9.17) is 5.11 Å². The summed E-state index contributed by atoms with van der Waals surface area (Å²) >= 11 is 0. The van der Waals surface area contributed by atoms with E-state index in [0.29, 0.717) is 5.69 Å². The van der Waals surface area contributed by atoms with Crippen molar-refractivity contribution in [3.05, 3.63) is 48.0 Å². The van der Waals surface area contributed by atoms with Gasteiger partial charge in [0.25, 0.3) is 0 Å². The van der Waals surface area contributed by atoms with Crippen molar-refractivity contribution in [3.8, 4) is 0 Å². The topological polar surface area (TPSA) is 86.3 Å². The summed E-state index contributed by atoms with van der Waals surface area (Å²) in [6.07, 6.45) is 4.62. The summed E-state index contributed by atoms with van der Waals surface area (Å²) in [6, 6.07) is 4.96. The van der Waals surface area contributed by atoms with Crippen LogP contribution in [0.1, 0.15) is 11.3 Å². The Morgan fingerprint density at radius 3 is 2.63 bits per heavy atom. The lowest BCUT2D eigenvalue weighted by Gasteiger charge is -2.16. The third kappa shape index (κ3) is 3.01. The predicted octanol–water partition coefficient (Wildman–Crippen LogP) is 0.723. The minimum Gasteiger partial charge on any atom is -0.390 e. The van der Waals surface area contributed by atoms with E-state index in [9.17, 15) is 8.42 Å². The van der Waals surface area contributed by atoms with E-state index in [1.54, 1.807) is 24.5 Å². The molecule has 0 unspecified atom stereocenters. The van der Waals surface area contributed by atoms with Crippen LogP contribution in [-0.2, 0) is 23.2 Å².